The number of rotatable bonds is 22. The Kier molecular flexibility index (Phi) is 21.2. The van der Waals surface area contributed by atoms with E-state index in [9.17, 15) is 0 Å². The summed E-state index contributed by atoms with van der Waals surface area (Å²) in [5.74, 6) is -2.71. The van der Waals surface area contributed by atoms with E-state index >= 15 is 19.2 Å². The van der Waals surface area contributed by atoms with Gasteiger partial charge in [-0.2, -0.15) is 0 Å². The number of unbranched alkanes of at least 4 members (excludes halogenated alkanes) is 12. The first-order valence-corrected chi connectivity index (χ1v) is 44.4. The van der Waals surface area contributed by atoms with Gasteiger partial charge in [-0.1, -0.05) is 155 Å². The van der Waals surface area contributed by atoms with Crippen molar-refractivity contribution in [3.63, 3.8) is 0 Å². The van der Waals surface area contributed by atoms with E-state index in [0.29, 0.717) is 127 Å². The van der Waals surface area contributed by atoms with Gasteiger partial charge in [0, 0.05) is 99.6 Å². The predicted octanol–water partition coefficient (Wildman–Crippen LogP) is 25.5. The topological polar surface area (TPSA) is 252 Å². The highest BCUT2D eigenvalue weighted by molar-refractivity contribution is 14.1. The number of imide groups is 2. The molecule has 120 heavy (non-hydrogen) atoms. The maximum Gasteiger partial charge on any atom is 0.286 e. The van der Waals surface area contributed by atoms with Crippen molar-refractivity contribution in [2.24, 2.45) is 0 Å². The third-order valence-corrected chi connectivity index (χ3v) is 25.5. The van der Waals surface area contributed by atoms with Crippen LogP contribution in [-0.4, -0.2) is 63.5 Å². The molecular weight excluding hydrogens is 1740 g/mol. The van der Waals surface area contributed by atoms with E-state index in [2.05, 4.69) is 97.1 Å². The average Bonchev–Trinajstić information content (AvgIpc) is 1.60. The van der Waals surface area contributed by atoms with Crippen LogP contribution in [0.2, 0.25) is 0 Å². The molecule has 7 aliphatic rings. The lowest BCUT2D eigenvalue weighted by atomic mass is 9.76. The molecule has 0 fully saturated rings. The number of ether oxygens (including phenoxy) is 8. The highest BCUT2D eigenvalue weighted by Crippen LogP contribution is 2.60. The largest absolute Gasteiger partial charge is 0.434 e. The van der Waals surface area contributed by atoms with Gasteiger partial charge in [0.1, 0.15) is 46.0 Å². The number of fused-ring (bicyclic) bond motifs is 8. The molecule has 8 bridgehead atoms. The molecule has 6 aliphatic heterocycles. The van der Waals surface area contributed by atoms with E-state index in [4.69, 9.17) is 77.8 Å². The number of carbonyl (C=O) groups is 4. The Hall–Kier alpha value is -11.3. The maximum absolute atomic E-state index is 15.4. The van der Waals surface area contributed by atoms with Gasteiger partial charge in [-0.3, -0.25) is 19.2 Å². The molecule has 4 aromatic heterocycles. The number of halogens is 2. The summed E-state index contributed by atoms with van der Waals surface area (Å²) < 4.78 is 62.0. The number of hydrogen-bond acceptors (Lipinski definition) is 20. The van der Waals surface area contributed by atoms with Crippen molar-refractivity contribution >= 4 is 102 Å². The monoisotopic (exact) mass is 1830 g/mol. The minimum Gasteiger partial charge on any atom is -0.434 e. The first-order chi connectivity index (χ1) is 58.4. The van der Waals surface area contributed by atoms with E-state index < -0.39 is 47.3 Å². The van der Waals surface area contributed by atoms with Gasteiger partial charge in [0.05, 0.1) is 33.4 Å². The third kappa shape index (κ3) is 14.1. The van der Waals surface area contributed by atoms with E-state index in [0.717, 1.165) is 164 Å². The van der Waals surface area contributed by atoms with Crippen LogP contribution in [-0.2, 0) is 0 Å². The van der Waals surface area contributed by atoms with Gasteiger partial charge < -0.3 is 37.9 Å². The summed E-state index contributed by atoms with van der Waals surface area (Å²) in [5, 5.41) is 0. The van der Waals surface area contributed by atoms with Crippen LogP contribution in [0.25, 0.3) is 22.1 Å². The molecule has 0 saturated carbocycles. The smallest absolute Gasteiger partial charge is 0.286 e. The van der Waals surface area contributed by atoms with Crippen LogP contribution in [0.1, 0.15) is 288 Å². The van der Waals surface area contributed by atoms with Crippen molar-refractivity contribution in [2.75, 3.05) is 9.80 Å². The number of benzene rings is 8. The second-order valence-corrected chi connectivity index (χ2v) is 35.0. The Bertz CT molecular complexity index is 5580. The first-order valence-electron chi connectivity index (χ1n) is 42.2. The van der Waals surface area contributed by atoms with Gasteiger partial charge in [-0.25, -0.2) is 49.7 Å². The molecule has 0 unspecified atom stereocenters. The van der Waals surface area contributed by atoms with Crippen molar-refractivity contribution in [1.29, 1.82) is 0 Å². The quantitative estimate of drug-likeness (QED) is 0.0347. The van der Waals surface area contributed by atoms with Crippen LogP contribution >= 0.6 is 45.2 Å². The van der Waals surface area contributed by atoms with Gasteiger partial charge in [-0.15, -0.1) is 0 Å². The van der Waals surface area contributed by atoms with Crippen molar-refractivity contribution in [2.45, 2.75) is 207 Å². The van der Waals surface area contributed by atoms with Gasteiger partial charge in [0.25, 0.3) is 70.7 Å². The first kappa shape index (κ1) is 78.6. The summed E-state index contributed by atoms with van der Waals surface area (Å²) in [6.45, 7) is 16.3. The Morgan fingerprint density at radius 2 is 0.475 bits per heavy atom. The molecule has 608 valence electrons. The highest BCUT2D eigenvalue weighted by Gasteiger charge is 2.47. The molecule has 8 aromatic carbocycles. The maximum atomic E-state index is 15.4. The van der Waals surface area contributed by atoms with Crippen LogP contribution in [0.15, 0.2) is 121 Å². The van der Waals surface area contributed by atoms with Gasteiger partial charge in [0.2, 0.25) is 0 Å². The van der Waals surface area contributed by atoms with Crippen molar-refractivity contribution in [3.8, 4) is 93.0 Å². The lowest BCUT2D eigenvalue weighted by molar-refractivity contribution is 0.0907. The molecule has 12 aromatic rings. The van der Waals surface area contributed by atoms with Crippen molar-refractivity contribution in [1.82, 2.24) is 39.9 Å². The molecule has 0 saturated heterocycles. The Morgan fingerprint density at radius 1 is 0.275 bits per heavy atom. The van der Waals surface area contributed by atoms with Crippen LogP contribution in [0, 0.1) is 34.8 Å². The van der Waals surface area contributed by atoms with Crippen LogP contribution in [0.5, 0.6) is 93.0 Å². The lowest BCUT2D eigenvalue weighted by Gasteiger charge is -2.30. The summed E-state index contributed by atoms with van der Waals surface area (Å²) in [6.07, 6.45) is 16.8. The van der Waals surface area contributed by atoms with Crippen LogP contribution in [0.3, 0.4) is 0 Å². The second-order valence-electron chi connectivity index (χ2n) is 32.5. The predicted molar refractivity (Wildman–Crippen MR) is 471 cm³/mol. The summed E-state index contributed by atoms with van der Waals surface area (Å²) in [6, 6.07) is 39.4. The third-order valence-electron chi connectivity index (χ3n) is 24.3. The molecule has 0 spiro atoms. The fraction of sp³-hybridized carbons (Fsp3) is 0.333. The molecule has 22 nitrogen and oxygen atoms in total. The minimum absolute atomic E-state index is 0.0433. The van der Waals surface area contributed by atoms with E-state index in [-0.39, 0.29) is 69.8 Å². The van der Waals surface area contributed by atoms with E-state index in [1.165, 1.54) is 0 Å². The molecule has 24 heteroatoms. The summed E-state index contributed by atoms with van der Waals surface area (Å²) >= 11 is 4.48. The molecule has 0 atom stereocenters. The van der Waals surface area contributed by atoms with Gasteiger partial charge in [0.15, 0.2) is 22.8 Å². The van der Waals surface area contributed by atoms with Crippen LogP contribution in [0.4, 0.5) is 11.4 Å². The van der Waals surface area contributed by atoms with Crippen molar-refractivity contribution in [3.05, 3.63) is 218 Å². The molecule has 19 rings (SSSR count). The normalized spacial score (nSPS) is 16.6. The number of aromatic nitrogens is 8. The van der Waals surface area contributed by atoms with Gasteiger partial charge in [-0.05, 0) is 194 Å². The van der Waals surface area contributed by atoms with Crippen LogP contribution < -0.4 is 47.7 Å². The Balaban J connectivity index is 0.955. The summed E-state index contributed by atoms with van der Waals surface area (Å²) in [5.41, 5.74) is 11.2. The zero-order valence-electron chi connectivity index (χ0n) is 68.1. The number of anilines is 2. The van der Waals surface area contributed by atoms with Crippen molar-refractivity contribution < 1.29 is 57.1 Å². The standard InChI is InChI=1S/C96H88I2N10O12/c1-9-13-17-21-29-55-59-41-63-57(31-23-19-15-11-3)65-43-61-56(30-22-18-14-10-2)62-44-66-58(32-24-20-16-12-4)64-42-60(55)72-46-76(64)118-90-92(106-82-80(104-90)94(110)108(96(82)112)84-51(7)39-54(98)40-52(84)8)120-78(66)48-74(62)116-88-87(101-69-35-27-28-36-70(69)102-88)115-73(61)47-77(65)119-91-89(103-79-81(105-91)95(111)107(93(79)109)83-49(5)37-53(97)38-50(83)6)117-75(63)45-71(59)113-85-86(114-72)100-68-34-26-25-33-67(68)99-85/h25-28,33-48,55-58H,9-24,29-32H2,1-8H3. The number of aryl methyl sites for hydroxylation is 4. The summed E-state index contributed by atoms with van der Waals surface area (Å²) in [4.78, 5) is 105. The fourth-order valence-electron chi connectivity index (χ4n) is 18.5. The molecule has 1 aliphatic carbocycles. The number of nitrogens with zero attached hydrogens (tertiary/aromatic N) is 10. The van der Waals surface area contributed by atoms with E-state index in [1.807, 2.05) is 125 Å². The Morgan fingerprint density at radius 3 is 0.675 bits per heavy atom. The minimum atomic E-state index is -0.672. The fourth-order valence-corrected chi connectivity index (χ4v) is 20.4. The molecule has 10 heterocycles. The Labute approximate surface area is 722 Å². The van der Waals surface area contributed by atoms with Gasteiger partial charge >= 0.3 is 0 Å². The number of amides is 4. The molecule has 0 radical (unpaired) electrons. The van der Waals surface area contributed by atoms with E-state index in [1.54, 1.807) is 0 Å². The summed E-state index contributed by atoms with van der Waals surface area (Å²) in [7, 11) is 0. The second kappa shape index (κ2) is 32.4. The zero-order valence-corrected chi connectivity index (χ0v) is 72.4. The number of carbonyl (C=O) groups excluding carboxylic acids is 4. The average molecular weight is 1830 g/mol. The lowest BCUT2D eigenvalue weighted by Crippen LogP contribution is -2.31. The molecule has 4 amide bonds. The highest BCUT2D eigenvalue weighted by atomic mass is 127. The molecular formula is C96H88I2N10O12. The number of hydrogen-bond donors (Lipinski definition) is 0. The zero-order chi connectivity index (χ0) is 82.5. The SMILES string of the molecule is CCCCCCC1c2cc3c4cc2Oc2nc5c(nc2Oc2cc6c(cc21)C(CCCCCC)c1cc2c(cc1Oc1nc7ccccc7nc1O6)Oc1nc6c(nc1Oc1cc(c(cc1C2CCCCCC)C3CCCCCC)Oc1nc2ccccc2nc1O4)C(=O)N(c1c(C)cc(I)cc1C)C6=O)C(=O)N(c1c(C)cc(I)cc1C)C5=O. The number of para-hydroxylation sites is 4. The molecule has 0 N–H and O–H groups in total.